The van der Waals surface area contributed by atoms with Crippen molar-refractivity contribution < 1.29 is 5.11 Å². The van der Waals surface area contributed by atoms with E-state index in [1.165, 1.54) is 22.2 Å². The molecule has 4 heteroatoms. The second kappa shape index (κ2) is 8.23. The van der Waals surface area contributed by atoms with Gasteiger partial charge in [0.1, 0.15) is 0 Å². The molecule has 0 aliphatic heterocycles. The molecule has 0 saturated carbocycles. The monoisotopic (exact) mass is 305 g/mol. The van der Waals surface area contributed by atoms with Gasteiger partial charge in [0.25, 0.3) is 0 Å². The minimum Gasteiger partial charge on any atom is -0.396 e. The summed E-state index contributed by atoms with van der Waals surface area (Å²) in [6.07, 6.45) is 4.47. The van der Waals surface area contributed by atoms with Crippen LogP contribution < -0.4 is 5.32 Å². The molecular weight excluding hydrogens is 286 g/mol. The number of hydrogen-bond acceptors (Lipinski definition) is 3. The van der Waals surface area contributed by atoms with Gasteiger partial charge in [-0.15, -0.1) is 11.3 Å². The fourth-order valence-corrected chi connectivity index (χ4v) is 3.04. The number of aliphatic hydroxyl groups excluding tert-OH is 1. The third-order valence-electron chi connectivity index (χ3n) is 2.55. The average Bonchev–Trinajstić information content (AvgIpc) is 2.70. The molecule has 1 aromatic heterocycles. The van der Waals surface area contributed by atoms with Crippen LogP contribution in [0.4, 0.5) is 0 Å². The summed E-state index contributed by atoms with van der Waals surface area (Å²) in [6.45, 7) is 3.58. The minimum absolute atomic E-state index is 0.326. The standard InChI is InChI=1S/C12H20BrNOS/c1-10(12-8-11(13)9-16-12)14-6-4-2-3-5-7-15/h8-10,14-15H,2-7H2,1H3. The van der Waals surface area contributed by atoms with Gasteiger partial charge in [-0.3, -0.25) is 0 Å². The van der Waals surface area contributed by atoms with Crippen molar-refractivity contribution in [2.75, 3.05) is 13.2 Å². The van der Waals surface area contributed by atoms with Crippen molar-refractivity contribution in [3.05, 3.63) is 20.8 Å². The Morgan fingerprint density at radius 2 is 2.12 bits per heavy atom. The first-order valence-corrected chi connectivity index (χ1v) is 7.49. The number of halogens is 1. The van der Waals surface area contributed by atoms with E-state index in [1.807, 2.05) is 0 Å². The van der Waals surface area contributed by atoms with Gasteiger partial charge in [-0.2, -0.15) is 0 Å². The maximum Gasteiger partial charge on any atom is 0.0431 e. The summed E-state index contributed by atoms with van der Waals surface area (Å²) in [4.78, 5) is 1.38. The number of thiophene rings is 1. The van der Waals surface area contributed by atoms with Crippen LogP contribution in [0.15, 0.2) is 15.9 Å². The number of aliphatic hydroxyl groups is 1. The van der Waals surface area contributed by atoms with Crippen LogP contribution in [0.5, 0.6) is 0 Å². The molecule has 0 spiro atoms. The Bertz CT molecular complexity index is 290. The van der Waals surface area contributed by atoms with Gasteiger partial charge in [0.2, 0.25) is 0 Å². The zero-order valence-electron chi connectivity index (χ0n) is 9.71. The van der Waals surface area contributed by atoms with Gasteiger partial charge >= 0.3 is 0 Å². The minimum atomic E-state index is 0.326. The van der Waals surface area contributed by atoms with Crippen molar-refractivity contribution in [1.82, 2.24) is 5.32 Å². The zero-order valence-corrected chi connectivity index (χ0v) is 12.1. The first-order chi connectivity index (χ1) is 7.74. The van der Waals surface area contributed by atoms with Crippen molar-refractivity contribution in [1.29, 1.82) is 0 Å². The summed E-state index contributed by atoms with van der Waals surface area (Å²) < 4.78 is 1.17. The zero-order chi connectivity index (χ0) is 11.8. The van der Waals surface area contributed by atoms with Crippen LogP contribution in [0.3, 0.4) is 0 Å². The molecule has 1 heterocycles. The summed E-state index contributed by atoms with van der Waals surface area (Å²) in [5.41, 5.74) is 0. The Hall–Kier alpha value is 0.1000. The highest BCUT2D eigenvalue weighted by Crippen LogP contribution is 2.25. The van der Waals surface area contributed by atoms with Crippen molar-refractivity contribution >= 4 is 27.3 Å². The Morgan fingerprint density at radius 3 is 2.75 bits per heavy atom. The van der Waals surface area contributed by atoms with Crippen LogP contribution in [-0.2, 0) is 0 Å². The topological polar surface area (TPSA) is 32.3 Å². The molecule has 0 bridgehead atoms. The molecule has 2 nitrogen and oxygen atoms in total. The van der Waals surface area contributed by atoms with Crippen molar-refractivity contribution in [3.63, 3.8) is 0 Å². The molecule has 1 unspecified atom stereocenters. The van der Waals surface area contributed by atoms with E-state index in [0.717, 1.165) is 19.4 Å². The summed E-state index contributed by atoms with van der Waals surface area (Å²) in [5, 5.41) is 14.3. The van der Waals surface area contributed by atoms with Crippen LogP contribution in [0.2, 0.25) is 0 Å². The fourth-order valence-electron chi connectivity index (χ4n) is 1.56. The van der Waals surface area contributed by atoms with Crippen LogP contribution in [0.25, 0.3) is 0 Å². The fraction of sp³-hybridized carbons (Fsp3) is 0.667. The van der Waals surface area contributed by atoms with Gasteiger partial charge in [-0.25, -0.2) is 0 Å². The van der Waals surface area contributed by atoms with Crippen molar-refractivity contribution in [2.24, 2.45) is 0 Å². The molecular formula is C12H20BrNOS. The Balaban J connectivity index is 2.09. The van der Waals surface area contributed by atoms with E-state index in [0.29, 0.717) is 12.6 Å². The van der Waals surface area contributed by atoms with Gasteiger partial charge in [0, 0.05) is 27.4 Å². The van der Waals surface area contributed by atoms with Crippen LogP contribution >= 0.6 is 27.3 Å². The van der Waals surface area contributed by atoms with Crippen molar-refractivity contribution in [3.8, 4) is 0 Å². The van der Waals surface area contributed by atoms with Gasteiger partial charge in [-0.1, -0.05) is 12.8 Å². The molecule has 0 aromatic carbocycles. The highest BCUT2D eigenvalue weighted by molar-refractivity contribution is 9.10. The highest BCUT2D eigenvalue weighted by atomic mass is 79.9. The molecule has 1 rings (SSSR count). The normalized spacial score (nSPS) is 12.9. The predicted molar refractivity (Wildman–Crippen MR) is 74.0 cm³/mol. The molecule has 0 aliphatic carbocycles. The lowest BCUT2D eigenvalue weighted by atomic mass is 10.2. The molecule has 1 atom stereocenters. The third kappa shape index (κ3) is 5.43. The first kappa shape index (κ1) is 14.2. The maximum absolute atomic E-state index is 8.64. The Morgan fingerprint density at radius 1 is 1.38 bits per heavy atom. The molecule has 2 N–H and O–H groups in total. The van der Waals surface area contributed by atoms with Gasteiger partial charge in [0.05, 0.1) is 0 Å². The van der Waals surface area contributed by atoms with Crippen LogP contribution in [0.1, 0.15) is 43.5 Å². The Labute approximate surface area is 110 Å². The lowest BCUT2D eigenvalue weighted by molar-refractivity contribution is 0.282. The number of hydrogen-bond donors (Lipinski definition) is 2. The summed E-state index contributed by atoms with van der Waals surface area (Å²) >= 11 is 5.26. The average molecular weight is 306 g/mol. The first-order valence-electron chi connectivity index (χ1n) is 5.82. The molecule has 92 valence electrons. The van der Waals surface area contributed by atoms with E-state index in [-0.39, 0.29) is 0 Å². The number of nitrogens with one attached hydrogen (secondary N) is 1. The molecule has 0 saturated heterocycles. The maximum atomic E-state index is 8.64. The quantitative estimate of drug-likeness (QED) is 0.718. The van der Waals surface area contributed by atoms with Crippen LogP contribution in [-0.4, -0.2) is 18.3 Å². The number of unbranched alkanes of at least 4 members (excludes halogenated alkanes) is 3. The van der Waals surface area contributed by atoms with E-state index in [9.17, 15) is 0 Å². The highest BCUT2D eigenvalue weighted by Gasteiger charge is 2.06. The van der Waals surface area contributed by atoms with Gasteiger partial charge in [-0.05, 0) is 48.3 Å². The smallest absolute Gasteiger partial charge is 0.0431 e. The van der Waals surface area contributed by atoms with E-state index in [1.54, 1.807) is 11.3 Å². The van der Waals surface area contributed by atoms with Gasteiger partial charge in [0.15, 0.2) is 0 Å². The summed E-state index contributed by atoms with van der Waals surface area (Å²) in [7, 11) is 0. The van der Waals surface area contributed by atoms with Crippen molar-refractivity contribution in [2.45, 2.75) is 38.6 Å². The lowest BCUT2D eigenvalue weighted by Gasteiger charge is -2.11. The second-order valence-corrected chi connectivity index (χ2v) is 5.84. The summed E-state index contributed by atoms with van der Waals surface area (Å²) in [5.74, 6) is 0. The molecule has 0 radical (unpaired) electrons. The third-order valence-corrected chi connectivity index (χ3v) is 4.43. The Kier molecular flexibility index (Phi) is 7.28. The molecule has 0 fully saturated rings. The largest absolute Gasteiger partial charge is 0.396 e. The molecule has 0 aliphatic rings. The van der Waals surface area contributed by atoms with E-state index >= 15 is 0 Å². The van der Waals surface area contributed by atoms with E-state index in [2.05, 4.69) is 39.6 Å². The number of rotatable bonds is 8. The van der Waals surface area contributed by atoms with E-state index < -0.39 is 0 Å². The van der Waals surface area contributed by atoms with Gasteiger partial charge < -0.3 is 10.4 Å². The second-order valence-electron chi connectivity index (χ2n) is 3.98. The molecule has 0 amide bonds. The lowest BCUT2D eigenvalue weighted by Crippen LogP contribution is -2.18. The van der Waals surface area contributed by atoms with Crippen LogP contribution in [0, 0.1) is 0 Å². The SMILES string of the molecule is CC(NCCCCCCO)c1cc(Br)cs1. The molecule has 1 aromatic rings. The summed E-state index contributed by atoms with van der Waals surface area (Å²) in [6, 6.07) is 2.61. The molecule has 16 heavy (non-hydrogen) atoms. The predicted octanol–water partition coefficient (Wildman–Crippen LogP) is 3.71. The van der Waals surface area contributed by atoms with E-state index in [4.69, 9.17) is 5.11 Å².